The molecule has 0 saturated carbocycles. The van der Waals surface area contributed by atoms with Crippen LogP contribution in [0.15, 0.2) is 83.9 Å². The zero-order chi connectivity index (χ0) is 27.4. The van der Waals surface area contributed by atoms with E-state index >= 15 is 0 Å². The van der Waals surface area contributed by atoms with Crippen LogP contribution in [0.1, 0.15) is 54.1 Å². The second-order valence-corrected chi connectivity index (χ2v) is 10.4. The third-order valence-corrected chi connectivity index (χ3v) is 7.04. The fourth-order valence-corrected chi connectivity index (χ4v) is 4.70. The number of rotatable bonds is 7. The lowest BCUT2D eigenvalue weighted by Gasteiger charge is -2.32. The van der Waals surface area contributed by atoms with Crippen molar-refractivity contribution in [2.75, 3.05) is 18.4 Å². The Kier molecular flexibility index (Phi) is 7.45. The average Bonchev–Trinajstić information content (AvgIpc) is 3.50. The molecule has 0 unspecified atom stereocenters. The molecule has 1 fully saturated rings. The van der Waals surface area contributed by atoms with Crippen molar-refractivity contribution in [1.82, 2.24) is 14.9 Å². The molecule has 0 aliphatic carbocycles. The summed E-state index contributed by atoms with van der Waals surface area (Å²) >= 11 is 0. The lowest BCUT2D eigenvalue weighted by Crippen LogP contribution is -2.42. The van der Waals surface area contributed by atoms with Gasteiger partial charge in [0.1, 0.15) is 0 Å². The first-order valence-electron chi connectivity index (χ1n) is 13.1. The number of aromatic nitrogens is 2. The van der Waals surface area contributed by atoms with Crippen LogP contribution in [0.3, 0.4) is 0 Å². The predicted molar refractivity (Wildman–Crippen MR) is 149 cm³/mol. The van der Waals surface area contributed by atoms with Gasteiger partial charge < -0.3 is 19.4 Å². The standard InChI is InChI=1S/C31H32N4O4/c1-21-7-12-28(33-18-21)39-31(2,3)30(37)34-26-10-8-22(9-11-26)23-13-15-35(16-14-23)29(36)25-6-4-5-24(17-25)27-19-32-20-38-27/h4-12,17-20,23H,13-16H2,1-3H3,(H,34,37). The van der Waals surface area contributed by atoms with Crippen molar-refractivity contribution >= 4 is 17.5 Å². The number of anilines is 1. The lowest BCUT2D eigenvalue weighted by atomic mass is 9.89. The molecule has 0 radical (unpaired) electrons. The topological polar surface area (TPSA) is 97.6 Å². The maximum atomic E-state index is 13.1. The fraction of sp³-hybridized carbons (Fsp3) is 0.290. The van der Waals surface area contributed by atoms with Crippen LogP contribution in [-0.2, 0) is 4.79 Å². The maximum Gasteiger partial charge on any atom is 0.268 e. The number of carbonyl (C=O) groups is 2. The van der Waals surface area contributed by atoms with E-state index in [9.17, 15) is 9.59 Å². The van der Waals surface area contributed by atoms with E-state index in [4.69, 9.17) is 9.15 Å². The molecule has 1 N–H and O–H groups in total. The van der Waals surface area contributed by atoms with Gasteiger partial charge in [-0.1, -0.05) is 30.3 Å². The Hall–Kier alpha value is -4.46. The van der Waals surface area contributed by atoms with Crippen LogP contribution < -0.4 is 10.1 Å². The van der Waals surface area contributed by atoms with Crippen molar-refractivity contribution < 1.29 is 18.7 Å². The van der Waals surface area contributed by atoms with Crippen LogP contribution in [0, 0.1) is 6.92 Å². The molecule has 1 saturated heterocycles. The summed E-state index contributed by atoms with van der Waals surface area (Å²) in [6, 6.07) is 19.1. The Bertz CT molecular complexity index is 1420. The van der Waals surface area contributed by atoms with Gasteiger partial charge in [0.25, 0.3) is 11.8 Å². The van der Waals surface area contributed by atoms with E-state index in [2.05, 4.69) is 15.3 Å². The first-order chi connectivity index (χ1) is 18.8. The molecule has 8 nitrogen and oxygen atoms in total. The Morgan fingerprint density at radius 1 is 1.03 bits per heavy atom. The number of carbonyl (C=O) groups excluding carboxylic acids is 2. The summed E-state index contributed by atoms with van der Waals surface area (Å²) in [5, 5.41) is 2.94. The average molecular weight is 525 g/mol. The maximum absolute atomic E-state index is 13.1. The van der Waals surface area contributed by atoms with Crippen LogP contribution in [0.2, 0.25) is 0 Å². The zero-order valence-electron chi connectivity index (χ0n) is 22.4. The number of pyridine rings is 1. The minimum absolute atomic E-state index is 0.0264. The van der Waals surface area contributed by atoms with E-state index in [0.717, 1.165) is 24.0 Å². The number of likely N-dealkylation sites (tertiary alicyclic amines) is 1. The van der Waals surface area contributed by atoms with Gasteiger partial charge in [0.15, 0.2) is 17.8 Å². The van der Waals surface area contributed by atoms with Crippen LogP contribution in [0.5, 0.6) is 5.88 Å². The molecule has 1 aliphatic rings. The summed E-state index contributed by atoms with van der Waals surface area (Å²) < 4.78 is 11.2. The molecule has 0 bridgehead atoms. The Morgan fingerprint density at radius 3 is 2.46 bits per heavy atom. The minimum Gasteiger partial charge on any atom is -0.462 e. The summed E-state index contributed by atoms with van der Waals surface area (Å²) in [4.78, 5) is 36.1. The molecule has 3 heterocycles. The predicted octanol–water partition coefficient (Wildman–Crippen LogP) is 5.86. The molecule has 2 aromatic heterocycles. The molecule has 39 heavy (non-hydrogen) atoms. The van der Waals surface area contributed by atoms with E-state index in [1.54, 1.807) is 32.3 Å². The van der Waals surface area contributed by atoms with Gasteiger partial charge in [-0.15, -0.1) is 0 Å². The van der Waals surface area contributed by atoms with Crippen LogP contribution in [-0.4, -0.2) is 45.4 Å². The monoisotopic (exact) mass is 524 g/mol. The second-order valence-electron chi connectivity index (χ2n) is 10.4. The fourth-order valence-electron chi connectivity index (χ4n) is 4.70. The summed E-state index contributed by atoms with van der Waals surface area (Å²) in [5.74, 6) is 1.17. The number of oxazole rings is 1. The number of piperidine rings is 1. The summed E-state index contributed by atoms with van der Waals surface area (Å²) in [7, 11) is 0. The SMILES string of the molecule is Cc1ccc(OC(C)(C)C(=O)Nc2ccc(C3CCN(C(=O)c4cccc(-c5cnco5)c4)CC3)cc2)nc1. The smallest absolute Gasteiger partial charge is 0.268 e. The van der Waals surface area contributed by atoms with Crippen molar-refractivity contribution in [3.63, 3.8) is 0 Å². The molecule has 1 aliphatic heterocycles. The molecule has 200 valence electrons. The molecule has 0 spiro atoms. The number of hydrogen-bond donors (Lipinski definition) is 1. The van der Waals surface area contributed by atoms with Crippen LogP contribution in [0.4, 0.5) is 5.69 Å². The van der Waals surface area contributed by atoms with Gasteiger partial charge in [-0.3, -0.25) is 9.59 Å². The van der Waals surface area contributed by atoms with E-state index < -0.39 is 5.60 Å². The van der Waals surface area contributed by atoms with Crippen molar-refractivity contribution in [3.8, 4) is 17.2 Å². The molecule has 2 aromatic carbocycles. The minimum atomic E-state index is -1.09. The number of benzene rings is 2. The Balaban J connectivity index is 1.15. The number of hydrogen-bond acceptors (Lipinski definition) is 6. The zero-order valence-corrected chi connectivity index (χ0v) is 22.4. The molecule has 5 rings (SSSR count). The van der Waals surface area contributed by atoms with Crippen molar-refractivity contribution in [1.29, 1.82) is 0 Å². The number of ether oxygens (including phenoxy) is 1. The quantitative estimate of drug-likeness (QED) is 0.325. The Morgan fingerprint density at radius 2 is 1.79 bits per heavy atom. The number of nitrogens with zero attached hydrogens (tertiary/aromatic N) is 3. The highest BCUT2D eigenvalue weighted by molar-refractivity contribution is 5.97. The van der Waals surface area contributed by atoms with E-state index in [0.29, 0.717) is 41.9 Å². The van der Waals surface area contributed by atoms with Crippen molar-refractivity contribution in [3.05, 3.63) is 96.1 Å². The molecular weight excluding hydrogens is 492 g/mol. The highest BCUT2D eigenvalue weighted by Crippen LogP contribution is 2.30. The molecule has 8 heteroatoms. The van der Waals surface area contributed by atoms with Crippen LogP contribution in [0.25, 0.3) is 11.3 Å². The van der Waals surface area contributed by atoms with E-state index in [1.165, 1.54) is 12.0 Å². The third-order valence-electron chi connectivity index (χ3n) is 7.04. The third kappa shape index (κ3) is 6.17. The van der Waals surface area contributed by atoms with Gasteiger partial charge in [0, 0.05) is 42.2 Å². The normalized spacial score (nSPS) is 14.2. The summed E-state index contributed by atoms with van der Waals surface area (Å²) in [5.41, 5.74) is 3.32. The first kappa shape index (κ1) is 26.2. The van der Waals surface area contributed by atoms with Gasteiger partial charge in [0.2, 0.25) is 5.88 Å². The van der Waals surface area contributed by atoms with Gasteiger partial charge in [-0.05, 0) is 74.9 Å². The molecule has 0 atom stereocenters. The lowest BCUT2D eigenvalue weighted by molar-refractivity contribution is -0.128. The van der Waals surface area contributed by atoms with E-state index in [1.807, 2.05) is 66.4 Å². The largest absolute Gasteiger partial charge is 0.462 e. The van der Waals surface area contributed by atoms with Gasteiger partial charge >= 0.3 is 0 Å². The molecule has 4 aromatic rings. The number of aryl methyl sites for hydroxylation is 1. The number of nitrogens with one attached hydrogen (secondary N) is 1. The number of amides is 2. The first-order valence-corrected chi connectivity index (χ1v) is 13.1. The van der Waals surface area contributed by atoms with E-state index in [-0.39, 0.29) is 11.8 Å². The molecular formula is C31H32N4O4. The highest BCUT2D eigenvalue weighted by Gasteiger charge is 2.31. The van der Waals surface area contributed by atoms with Crippen molar-refractivity contribution in [2.24, 2.45) is 0 Å². The molecule has 2 amide bonds. The van der Waals surface area contributed by atoms with Crippen molar-refractivity contribution in [2.45, 2.75) is 45.1 Å². The van der Waals surface area contributed by atoms with Gasteiger partial charge in [0.05, 0.1) is 6.20 Å². The summed E-state index contributed by atoms with van der Waals surface area (Å²) in [6.45, 7) is 6.76. The van der Waals surface area contributed by atoms with Crippen LogP contribution >= 0.6 is 0 Å². The highest BCUT2D eigenvalue weighted by atomic mass is 16.5. The summed E-state index contributed by atoms with van der Waals surface area (Å²) in [6.07, 6.45) is 6.49. The van der Waals surface area contributed by atoms with Gasteiger partial charge in [-0.25, -0.2) is 9.97 Å². The van der Waals surface area contributed by atoms with Gasteiger partial charge in [-0.2, -0.15) is 0 Å². The second kappa shape index (κ2) is 11.1. The Labute approximate surface area is 228 Å².